The van der Waals surface area contributed by atoms with Crippen LogP contribution >= 0.6 is 35.0 Å². The quantitative estimate of drug-likeness (QED) is 0.823. The summed E-state index contributed by atoms with van der Waals surface area (Å²) in [5.74, 6) is 0. The van der Waals surface area contributed by atoms with E-state index in [1.165, 1.54) is 3.57 Å². The summed E-state index contributed by atoms with van der Waals surface area (Å²) in [6.45, 7) is 3.48. The molecule has 1 N–H and O–H groups in total. The van der Waals surface area contributed by atoms with Gasteiger partial charge >= 0.3 is 0 Å². The normalized spacial score (nSPS) is 18.5. The van der Waals surface area contributed by atoms with E-state index in [4.69, 9.17) is 0 Å². The fourth-order valence-corrected chi connectivity index (χ4v) is 2.44. The van der Waals surface area contributed by atoms with E-state index in [-0.39, 0.29) is 25.1 Å². The highest BCUT2D eigenvalue weighted by Gasteiger charge is 2.21. The summed E-state index contributed by atoms with van der Waals surface area (Å²) in [5.41, 5.74) is 1.09. The van der Waals surface area contributed by atoms with E-state index in [0.717, 1.165) is 31.7 Å². The molecule has 0 spiro atoms. The highest BCUT2D eigenvalue weighted by molar-refractivity contribution is 14.1. The van der Waals surface area contributed by atoms with Crippen LogP contribution in [-0.4, -0.2) is 37.8 Å². The van der Waals surface area contributed by atoms with Gasteiger partial charge in [-0.15, -0.1) is 12.4 Å². The zero-order valence-electron chi connectivity index (χ0n) is 9.53. The van der Waals surface area contributed by atoms with Gasteiger partial charge in [0.2, 0.25) is 0 Å². The number of nitrogens with zero attached hydrogens (tertiary/aromatic N) is 1. The molecule has 1 aromatic carbocycles. The average Bonchev–Trinajstić information content (AvgIpc) is 2.34. The van der Waals surface area contributed by atoms with Gasteiger partial charge in [-0.3, -0.25) is 4.90 Å². The second kappa shape index (κ2) is 7.51. The summed E-state index contributed by atoms with van der Waals surface area (Å²) in [7, 11) is 0. The molecule has 0 unspecified atom stereocenters. The van der Waals surface area contributed by atoms with Crippen molar-refractivity contribution < 1.29 is 4.39 Å². The number of hydrogen-bond acceptors (Lipinski definition) is 2. The maximum absolute atomic E-state index is 13.2. The number of rotatable bonds is 3. The van der Waals surface area contributed by atoms with Crippen molar-refractivity contribution in [2.45, 2.75) is 6.04 Å². The predicted octanol–water partition coefficient (Wildman–Crippen LogP) is 2.63. The Kier molecular flexibility index (Phi) is 6.69. The van der Waals surface area contributed by atoms with Gasteiger partial charge in [-0.25, -0.2) is 4.39 Å². The average molecular weight is 371 g/mol. The molecule has 0 aliphatic carbocycles. The van der Waals surface area contributed by atoms with E-state index in [1.54, 1.807) is 0 Å². The molecule has 0 saturated carbocycles. The molecule has 0 radical (unpaired) electrons. The predicted molar refractivity (Wildman–Crippen MR) is 79.6 cm³/mol. The van der Waals surface area contributed by atoms with Gasteiger partial charge in [0, 0.05) is 29.7 Å². The van der Waals surface area contributed by atoms with Gasteiger partial charge in [0.05, 0.1) is 6.04 Å². The Morgan fingerprint density at radius 2 is 1.82 bits per heavy atom. The van der Waals surface area contributed by atoms with Gasteiger partial charge in [0.25, 0.3) is 0 Å². The molecule has 1 aromatic rings. The number of piperazine rings is 1. The topological polar surface area (TPSA) is 15.3 Å². The molecule has 1 heterocycles. The minimum Gasteiger partial charge on any atom is -0.314 e. The van der Waals surface area contributed by atoms with Crippen molar-refractivity contribution in [3.05, 3.63) is 33.4 Å². The van der Waals surface area contributed by atoms with Gasteiger partial charge in [-0.05, 0) is 40.3 Å². The molecule has 5 heteroatoms. The van der Waals surface area contributed by atoms with Crippen LogP contribution < -0.4 is 5.32 Å². The molecule has 0 bridgehead atoms. The summed E-state index contributed by atoms with van der Waals surface area (Å²) in [6, 6.07) is 8.09. The van der Waals surface area contributed by atoms with Crippen molar-refractivity contribution >= 4 is 35.0 Å². The maximum atomic E-state index is 13.2. The Hall–Kier alpha value is 0.0900. The third kappa shape index (κ3) is 4.05. The molecule has 1 aliphatic heterocycles. The molecule has 96 valence electrons. The van der Waals surface area contributed by atoms with Crippen molar-refractivity contribution in [3.8, 4) is 0 Å². The summed E-state index contributed by atoms with van der Waals surface area (Å²) in [4.78, 5) is 2.22. The molecule has 1 atom stereocenters. The minimum absolute atomic E-state index is 0. The van der Waals surface area contributed by atoms with E-state index in [0.29, 0.717) is 0 Å². The van der Waals surface area contributed by atoms with Crippen molar-refractivity contribution in [2.24, 2.45) is 0 Å². The van der Waals surface area contributed by atoms with Gasteiger partial charge in [0.15, 0.2) is 0 Å². The number of benzene rings is 1. The fourth-order valence-electron chi connectivity index (χ4n) is 2.08. The lowest BCUT2D eigenvalue weighted by Gasteiger charge is -2.33. The van der Waals surface area contributed by atoms with Crippen LogP contribution in [0.15, 0.2) is 24.3 Å². The zero-order chi connectivity index (χ0) is 11.4. The first kappa shape index (κ1) is 15.1. The zero-order valence-corrected chi connectivity index (χ0v) is 12.5. The largest absolute Gasteiger partial charge is 0.314 e. The van der Waals surface area contributed by atoms with Crippen molar-refractivity contribution in [1.82, 2.24) is 10.2 Å². The molecule has 1 fully saturated rings. The first-order valence-electron chi connectivity index (χ1n) is 5.57. The Balaban J connectivity index is 0.00000144. The Bertz CT molecular complexity index is 328. The SMILES string of the molecule is Cl.FC[C@H](c1ccc(I)cc1)N1CCNCC1. The number of nitrogens with one attached hydrogen (secondary N) is 1. The van der Waals surface area contributed by atoms with Crippen molar-refractivity contribution in [1.29, 1.82) is 0 Å². The summed E-state index contributed by atoms with van der Waals surface area (Å²) >= 11 is 2.27. The first-order valence-corrected chi connectivity index (χ1v) is 6.65. The Labute approximate surface area is 122 Å². The van der Waals surface area contributed by atoms with Crippen LogP contribution in [0.25, 0.3) is 0 Å². The van der Waals surface area contributed by atoms with Crippen LogP contribution in [0.3, 0.4) is 0 Å². The molecule has 2 nitrogen and oxygen atoms in total. The number of halogens is 3. The summed E-state index contributed by atoms with van der Waals surface area (Å²) in [6.07, 6.45) is 0. The van der Waals surface area contributed by atoms with E-state index in [9.17, 15) is 4.39 Å². The monoisotopic (exact) mass is 370 g/mol. The van der Waals surface area contributed by atoms with Crippen molar-refractivity contribution in [3.63, 3.8) is 0 Å². The van der Waals surface area contributed by atoms with Crippen LogP contribution in [0.1, 0.15) is 11.6 Å². The van der Waals surface area contributed by atoms with Crippen LogP contribution in [0.2, 0.25) is 0 Å². The Morgan fingerprint density at radius 1 is 1.24 bits per heavy atom. The van der Waals surface area contributed by atoms with E-state index in [2.05, 4.69) is 32.8 Å². The second-order valence-corrected chi connectivity index (χ2v) is 5.25. The third-order valence-corrected chi connectivity index (χ3v) is 3.71. The van der Waals surface area contributed by atoms with Crippen LogP contribution in [0, 0.1) is 3.57 Å². The molecule has 1 aliphatic rings. The van der Waals surface area contributed by atoms with E-state index >= 15 is 0 Å². The summed E-state index contributed by atoms with van der Waals surface area (Å²) < 4.78 is 14.4. The van der Waals surface area contributed by atoms with Crippen LogP contribution in [0.4, 0.5) is 4.39 Å². The number of alkyl halides is 1. The summed E-state index contributed by atoms with van der Waals surface area (Å²) in [5, 5.41) is 3.29. The van der Waals surface area contributed by atoms with Gasteiger partial charge in [-0.1, -0.05) is 12.1 Å². The van der Waals surface area contributed by atoms with Gasteiger partial charge in [0.1, 0.15) is 6.67 Å². The molecular weight excluding hydrogens is 354 g/mol. The molecule has 17 heavy (non-hydrogen) atoms. The van der Waals surface area contributed by atoms with E-state index < -0.39 is 0 Å². The molecule has 0 amide bonds. The first-order chi connectivity index (χ1) is 7.81. The third-order valence-electron chi connectivity index (χ3n) is 2.99. The maximum Gasteiger partial charge on any atom is 0.109 e. The molecule has 0 aromatic heterocycles. The second-order valence-electron chi connectivity index (χ2n) is 4.01. The smallest absolute Gasteiger partial charge is 0.109 e. The minimum atomic E-state index is -0.305. The lowest BCUT2D eigenvalue weighted by atomic mass is 10.1. The van der Waals surface area contributed by atoms with E-state index in [1.807, 2.05) is 24.3 Å². The van der Waals surface area contributed by atoms with Gasteiger partial charge in [-0.2, -0.15) is 0 Å². The lowest BCUT2D eigenvalue weighted by molar-refractivity contribution is 0.147. The standard InChI is InChI=1S/C12H16FIN2.ClH/c13-9-12(16-7-5-15-6-8-16)10-1-3-11(14)4-2-10;/h1-4,12,15H,5-9H2;1H/t12-;/m1./s1. The highest BCUT2D eigenvalue weighted by atomic mass is 127. The molecule has 1 saturated heterocycles. The van der Waals surface area contributed by atoms with Crippen LogP contribution in [0.5, 0.6) is 0 Å². The highest BCUT2D eigenvalue weighted by Crippen LogP contribution is 2.22. The van der Waals surface area contributed by atoms with Crippen molar-refractivity contribution in [2.75, 3.05) is 32.9 Å². The lowest BCUT2D eigenvalue weighted by Crippen LogP contribution is -2.45. The van der Waals surface area contributed by atoms with Gasteiger partial charge < -0.3 is 5.32 Å². The number of hydrogen-bond donors (Lipinski definition) is 1. The van der Waals surface area contributed by atoms with Crippen LogP contribution in [-0.2, 0) is 0 Å². The fraction of sp³-hybridized carbons (Fsp3) is 0.500. The molecule has 2 rings (SSSR count). The Morgan fingerprint density at radius 3 is 2.35 bits per heavy atom. The molecular formula is C12H17ClFIN2.